The molecule has 12 heavy (non-hydrogen) atoms. The Bertz CT molecular complexity index is 261. The van der Waals surface area contributed by atoms with Crippen molar-refractivity contribution in [3.8, 4) is 5.75 Å². The van der Waals surface area contributed by atoms with Crippen LogP contribution in [0.3, 0.4) is 0 Å². The molecule has 0 aromatic carbocycles. The molecule has 0 aliphatic rings. The molecule has 0 fully saturated rings. The summed E-state index contributed by atoms with van der Waals surface area (Å²) in [6, 6.07) is 1.80. The Kier molecular flexibility index (Phi) is 3.05. The van der Waals surface area contributed by atoms with Crippen molar-refractivity contribution in [2.45, 2.75) is 13.8 Å². The summed E-state index contributed by atoms with van der Waals surface area (Å²) in [4.78, 5) is 4.10. The number of aromatic nitrogens is 1. The summed E-state index contributed by atoms with van der Waals surface area (Å²) in [6.45, 7) is 4.27. The minimum absolute atomic E-state index is 0.0425. The quantitative estimate of drug-likeness (QED) is 0.732. The van der Waals surface area contributed by atoms with Crippen molar-refractivity contribution >= 4 is 0 Å². The van der Waals surface area contributed by atoms with Crippen molar-refractivity contribution in [2.24, 2.45) is 0 Å². The SMILES string of the molecule is Cc1nccc(OCCO)c1C. The lowest BCUT2D eigenvalue weighted by Gasteiger charge is -2.08. The summed E-state index contributed by atoms with van der Waals surface area (Å²) in [7, 11) is 0. The number of hydrogen-bond acceptors (Lipinski definition) is 3. The molecule has 1 aromatic rings. The topological polar surface area (TPSA) is 42.4 Å². The van der Waals surface area contributed by atoms with E-state index in [1.807, 2.05) is 13.8 Å². The summed E-state index contributed by atoms with van der Waals surface area (Å²) < 4.78 is 5.28. The van der Waals surface area contributed by atoms with Gasteiger partial charge in [0.15, 0.2) is 0 Å². The van der Waals surface area contributed by atoms with Gasteiger partial charge in [-0.25, -0.2) is 0 Å². The first-order valence-corrected chi connectivity index (χ1v) is 3.91. The first-order chi connectivity index (χ1) is 5.75. The van der Waals surface area contributed by atoms with E-state index >= 15 is 0 Å². The van der Waals surface area contributed by atoms with Gasteiger partial charge in [0, 0.05) is 17.5 Å². The molecule has 0 saturated heterocycles. The summed E-state index contributed by atoms with van der Waals surface area (Å²) in [5.41, 5.74) is 2.00. The van der Waals surface area contributed by atoms with Gasteiger partial charge in [0.1, 0.15) is 12.4 Å². The van der Waals surface area contributed by atoms with Crippen LogP contribution in [0.25, 0.3) is 0 Å². The molecule has 1 heterocycles. The number of aryl methyl sites for hydroxylation is 1. The number of aliphatic hydroxyl groups is 1. The second-order valence-electron chi connectivity index (χ2n) is 2.59. The lowest BCUT2D eigenvalue weighted by atomic mass is 10.2. The summed E-state index contributed by atoms with van der Waals surface area (Å²) in [5.74, 6) is 0.802. The molecule has 0 atom stereocenters. The Balaban J connectivity index is 2.78. The van der Waals surface area contributed by atoms with Gasteiger partial charge in [-0.2, -0.15) is 0 Å². The van der Waals surface area contributed by atoms with Gasteiger partial charge in [-0.05, 0) is 19.9 Å². The van der Waals surface area contributed by atoms with Gasteiger partial charge in [0.25, 0.3) is 0 Å². The van der Waals surface area contributed by atoms with E-state index in [9.17, 15) is 0 Å². The van der Waals surface area contributed by atoms with Crippen molar-refractivity contribution in [3.63, 3.8) is 0 Å². The number of rotatable bonds is 3. The Labute approximate surface area is 72.0 Å². The van der Waals surface area contributed by atoms with E-state index < -0.39 is 0 Å². The smallest absolute Gasteiger partial charge is 0.125 e. The molecule has 0 bridgehead atoms. The van der Waals surface area contributed by atoms with Crippen LogP contribution in [0.4, 0.5) is 0 Å². The zero-order valence-electron chi connectivity index (χ0n) is 7.37. The zero-order chi connectivity index (χ0) is 8.97. The van der Waals surface area contributed by atoms with Crippen molar-refractivity contribution in [2.75, 3.05) is 13.2 Å². The fourth-order valence-corrected chi connectivity index (χ4v) is 0.929. The van der Waals surface area contributed by atoms with Crippen LogP contribution in [0, 0.1) is 13.8 Å². The molecule has 3 heteroatoms. The fraction of sp³-hybridized carbons (Fsp3) is 0.444. The van der Waals surface area contributed by atoms with E-state index in [4.69, 9.17) is 9.84 Å². The number of pyridine rings is 1. The third kappa shape index (κ3) is 1.95. The standard InChI is InChI=1S/C9H13NO2/c1-7-8(2)10-4-3-9(7)12-6-5-11/h3-4,11H,5-6H2,1-2H3. The monoisotopic (exact) mass is 167 g/mol. The Morgan fingerprint density at radius 3 is 2.92 bits per heavy atom. The van der Waals surface area contributed by atoms with E-state index in [2.05, 4.69) is 4.98 Å². The van der Waals surface area contributed by atoms with Crippen molar-refractivity contribution in [3.05, 3.63) is 23.5 Å². The highest BCUT2D eigenvalue weighted by molar-refractivity contribution is 5.33. The van der Waals surface area contributed by atoms with E-state index in [-0.39, 0.29) is 6.61 Å². The van der Waals surface area contributed by atoms with Crippen molar-refractivity contribution in [1.29, 1.82) is 0 Å². The predicted octanol–water partition coefficient (Wildman–Crippen LogP) is 1.07. The third-order valence-corrected chi connectivity index (χ3v) is 1.76. The number of hydrogen-bond donors (Lipinski definition) is 1. The lowest BCUT2D eigenvalue weighted by molar-refractivity contribution is 0.200. The molecule has 0 saturated carbocycles. The fourth-order valence-electron chi connectivity index (χ4n) is 0.929. The Morgan fingerprint density at radius 1 is 1.50 bits per heavy atom. The van der Waals surface area contributed by atoms with Crippen LogP contribution >= 0.6 is 0 Å². The Morgan fingerprint density at radius 2 is 2.25 bits per heavy atom. The normalized spacial score (nSPS) is 9.92. The van der Waals surface area contributed by atoms with Gasteiger partial charge < -0.3 is 9.84 Å². The summed E-state index contributed by atoms with van der Waals surface area (Å²) in [5, 5.41) is 8.55. The molecule has 0 amide bonds. The molecule has 1 aromatic heterocycles. The molecule has 0 unspecified atom stereocenters. The minimum atomic E-state index is 0.0425. The highest BCUT2D eigenvalue weighted by atomic mass is 16.5. The number of ether oxygens (including phenoxy) is 1. The van der Waals surface area contributed by atoms with E-state index in [1.54, 1.807) is 12.3 Å². The average Bonchev–Trinajstić information content (AvgIpc) is 2.08. The van der Waals surface area contributed by atoms with Crippen molar-refractivity contribution in [1.82, 2.24) is 4.98 Å². The maximum atomic E-state index is 8.55. The van der Waals surface area contributed by atoms with Crippen LogP contribution < -0.4 is 4.74 Å². The second kappa shape index (κ2) is 4.07. The highest BCUT2D eigenvalue weighted by Gasteiger charge is 2.01. The van der Waals surface area contributed by atoms with Gasteiger partial charge in [-0.1, -0.05) is 0 Å². The van der Waals surface area contributed by atoms with Crippen LogP contribution in [-0.2, 0) is 0 Å². The van der Waals surface area contributed by atoms with Crippen LogP contribution in [0.2, 0.25) is 0 Å². The van der Waals surface area contributed by atoms with E-state index in [0.29, 0.717) is 6.61 Å². The summed E-state index contributed by atoms with van der Waals surface area (Å²) >= 11 is 0. The molecular formula is C9H13NO2. The van der Waals surface area contributed by atoms with Gasteiger partial charge in [0.2, 0.25) is 0 Å². The molecule has 0 aliphatic carbocycles. The maximum Gasteiger partial charge on any atom is 0.125 e. The van der Waals surface area contributed by atoms with Crippen molar-refractivity contribution < 1.29 is 9.84 Å². The number of aliphatic hydroxyl groups excluding tert-OH is 1. The van der Waals surface area contributed by atoms with Crippen LogP contribution in [0.5, 0.6) is 5.75 Å². The minimum Gasteiger partial charge on any atom is -0.491 e. The van der Waals surface area contributed by atoms with Crippen LogP contribution in [0.15, 0.2) is 12.3 Å². The molecule has 3 nitrogen and oxygen atoms in total. The third-order valence-electron chi connectivity index (χ3n) is 1.76. The number of nitrogens with zero attached hydrogens (tertiary/aromatic N) is 1. The second-order valence-corrected chi connectivity index (χ2v) is 2.59. The largest absolute Gasteiger partial charge is 0.491 e. The molecular weight excluding hydrogens is 154 g/mol. The maximum absolute atomic E-state index is 8.55. The van der Waals surface area contributed by atoms with Crippen LogP contribution in [-0.4, -0.2) is 23.3 Å². The van der Waals surface area contributed by atoms with Gasteiger partial charge in [0.05, 0.1) is 6.61 Å². The zero-order valence-corrected chi connectivity index (χ0v) is 7.37. The molecule has 1 rings (SSSR count). The average molecular weight is 167 g/mol. The summed E-state index contributed by atoms with van der Waals surface area (Å²) in [6.07, 6.45) is 1.70. The highest BCUT2D eigenvalue weighted by Crippen LogP contribution is 2.17. The molecule has 0 aliphatic heterocycles. The lowest BCUT2D eigenvalue weighted by Crippen LogP contribution is -2.03. The van der Waals surface area contributed by atoms with Gasteiger partial charge in [-0.3, -0.25) is 4.98 Å². The molecule has 1 N–H and O–H groups in total. The van der Waals surface area contributed by atoms with E-state index in [0.717, 1.165) is 17.0 Å². The molecule has 0 spiro atoms. The molecule has 66 valence electrons. The molecule has 0 radical (unpaired) electrons. The Hall–Kier alpha value is -1.09. The van der Waals surface area contributed by atoms with E-state index in [1.165, 1.54) is 0 Å². The first-order valence-electron chi connectivity index (χ1n) is 3.91. The van der Waals surface area contributed by atoms with Crippen LogP contribution in [0.1, 0.15) is 11.3 Å². The van der Waals surface area contributed by atoms with Gasteiger partial charge in [-0.15, -0.1) is 0 Å². The predicted molar refractivity (Wildman–Crippen MR) is 46.3 cm³/mol. The van der Waals surface area contributed by atoms with Gasteiger partial charge >= 0.3 is 0 Å². The first kappa shape index (κ1) is 9.00.